The second-order valence-electron chi connectivity index (χ2n) is 4.52. The molecule has 0 spiro atoms. The van der Waals surface area contributed by atoms with Gasteiger partial charge in [0.05, 0.1) is 11.6 Å². The number of aryl methyl sites for hydroxylation is 1. The van der Waals surface area contributed by atoms with Crippen LogP contribution in [0.5, 0.6) is 0 Å². The molecule has 92 valence electrons. The Labute approximate surface area is 100 Å². The van der Waals surface area contributed by atoms with Gasteiger partial charge < -0.3 is 10.6 Å². The Morgan fingerprint density at radius 3 is 3.06 bits per heavy atom. The largest absolute Gasteiger partial charge is 0.323 e. The summed E-state index contributed by atoms with van der Waals surface area (Å²) in [7, 11) is 0. The van der Waals surface area contributed by atoms with Crippen LogP contribution < -0.4 is 10.6 Å². The fourth-order valence-electron chi connectivity index (χ4n) is 2.05. The molecule has 1 aromatic rings. The molecular weight excluding hydrogens is 219 g/mol. The minimum Gasteiger partial charge on any atom is -0.323 e. The first-order chi connectivity index (χ1) is 8.16. The zero-order valence-electron chi connectivity index (χ0n) is 9.92. The van der Waals surface area contributed by atoms with Gasteiger partial charge in [-0.25, -0.2) is 4.39 Å². The second kappa shape index (κ2) is 5.27. The van der Waals surface area contributed by atoms with Gasteiger partial charge in [0.15, 0.2) is 0 Å². The molecule has 4 heteroatoms. The van der Waals surface area contributed by atoms with Crippen molar-refractivity contribution in [1.82, 2.24) is 5.32 Å². The molecule has 0 saturated carbocycles. The molecule has 1 amide bonds. The van der Waals surface area contributed by atoms with Crippen LogP contribution in [0.2, 0.25) is 0 Å². The van der Waals surface area contributed by atoms with Crippen LogP contribution in [0.1, 0.15) is 18.4 Å². The maximum atomic E-state index is 13.5. The van der Waals surface area contributed by atoms with E-state index in [1.807, 2.05) is 6.92 Å². The number of amides is 1. The number of rotatable bonds is 2. The summed E-state index contributed by atoms with van der Waals surface area (Å²) in [5.74, 6) is -0.530. The van der Waals surface area contributed by atoms with E-state index < -0.39 is 0 Å². The summed E-state index contributed by atoms with van der Waals surface area (Å²) in [6.07, 6.45) is 1.86. The van der Waals surface area contributed by atoms with Gasteiger partial charge in [0, 0.05) is 6.54 Å². The summed E-state index contributed by atoms with van der Waals surface area (Å²) >= 11 is 0. The summed E-state index contributed by atoms with van der Waals surface area (Å²) in [4.78, 5) is 11.9. The van der Waals surface area contributed by atoms with Crippen LogP contribution in [0.4, 0.5) is 10.1 Å². The average Bonchev–Trinajstić information content (AvgIpc) is 2.35. The van der Waals surface area contributed by atoms with Crippen molar-refractivity contribution in [3.63, 3.8) is 0 Å². The van der Waals surface area contributed by atoms with E-state index in [-0.39, 0.29) is 23.3 Å². The number of hydrogen-bond donors (Lipinski definition) is 2. The van der Waals surface area contributed by atoms with Crippen molar-refractivity contribution in [2.45, 2.75) is 19.8 Å². The van der Waals surface area contributed by atoms with Gasteiger partial charge in [0.25, 0.3) is 0 Å². The van der Waals surface area contributed by atoms with Crippen LogP contribution >= 0.6 is 0 Å². The average molecular weight is 236 g/mol. The third kappa shape index (κ3) is 3.03. The highest BCUT2D eigenvalue weighted by Gasteiger charge is 2.21. The van der Waals surface area contributed by atoms with Gasteiger partial charge >= 0.3 is 0 Å². The lowest BCUT2D eigenvalue weighted by Crippen LogP contribution is -2.37. The number of nitrogens with one attached hydrogen (secondary N) is 2. The molecule has 1 heterocycles. The van der Waals surface area contributed by atoms with Gasteiger partial charge in [-0.1, -0.05) is 6.07 Å². The minimum atomic E-state index is -0.382. The van der Waals surface area contributed by atoms with E-state index in [1.165, 1.54) is 6.07 Å². The first kappa shape index (κ1) is 12.0. The Balaban J connectivity index is 2.04. The number of carbonyl (C=O) groups excluding carboxylic acids is 1. The summed E-state index contributed by atoms with van der Waals surface area (Å²) in [6, 6.07) is 4.72. The van der Waals surface area contributed by atoms with Gasteiger partial charge in [-0.05, 0) is 44.0 Å². The van der Waals surface area contributed by atoms with Gasteiger partial charge in [-0.3, -0.25) is 4.79 Å². The van der Waals surface area contributed by atoms with Crippen LogP contribution in [0.3, 0.4) is 0 Å². The maximum absolute atomic E-state index is 13.5. The molecule has 2 rings (SSSR count). The quantitative estimate of drug-likeness (QED) is 0.825. The molecule has 3 nitrogen and oxygen atoms in total. The van der Waals surface area contributed by atoms with E-state index in [4.69, 9.17) is 0 Å². The molecule has 2 N–H and O–H groups in total. The van der Waals surface area contributed by atoms with Crippen LogP contribution in [0, 0.1) is 18.7 Å². The lowest BCUT2D eigenvalue weighted by atomic mass is 9.98. The normalized spacial score (nSPS) is 20.0. The van der Waals surface area contributed by atoms with E-state index in [2.05, 4.69) is 10.6 Å². The highest BCUT2D eigenvalue weighted by molar-refractivity contribution is 5.92. The Kier molecular flexibility index (Phi) is 3.74. The molecule has 0 aromatic heterocycles. The lowest BCUT2D eigenvalue weighted by molar-refractivity contribution is -0.120. The molecule has 1 aliphatic rings. The number of halogens is 1. The molecule has 1 aliphatic heterocycles. The number of piperidine rings is 1. The van der Waals surface area contributed by atoms with Crippen LogP contribution in [0.25, 0.3) is 0 Å². The predicted molar refractivity (Wildman–Crippen MR) is 65.4 cm³/mol. The van der Waals surface area contributed by atoms with Crippen molar-refractivity contribution in [2.24, 2.45) is 5.92 Å². The van der Waals surface area contributed by atoms with Crippen molar-refractivity contribution in [2.75, 3.05) is 18.4 Å². The number of hydrogen-bond acceptors (Lipinski definition) is 2. The van der Waals surface area contributed by atoms with Crippen molar-refractivity contribution in [1.29, 1.82) is 0 Å². The SMILES string of the molecule is Cc1ccc(F)c(NC(=O)C2CCCNC2)c1. The Morgan fingerprint density at radius 1 is 1.53 bits per heavy atom. The lowest BCUT2D eigenvalue weighted by Gasteiger charge is -2.22. The highest BCUT2D eigenvalue weighted by Crippen LogP contribution is 2.18. The third-order valence-corrected chi connectivity index (χ3v) is 3.05. The van der Waals surface area contributed by atoms with Crippen molar-refractivity contribution >= 4 is 11.6 Å². The van der Waals surface area contributed by atoms with Crippen LogP contribution in [-0.2, 0) is 4.79 Å². The molecule has 17 heavy (non-hydrogen) atoms. The van der Waals surface area contributed by atoms with Crippen LogP contribution in [-0.4, -0.2) is 19.0 Å². The van der Waals surface area contributed by atoms with E-state index in [1.54, 1.807) is 12.1 Å². The van der Waals surface area contributed by atoms with E-state index in [9.17, 15) is 9.18 Å². The van der Waals surface area contributed by atoms with E-state index >= 15 is 0 Å². The minimum absolute atomic E-state index is 0.0522. The van der Waals surface area contributed by atoms with E-state index in [0.29, 0.717) is 6.54 Å². The fourth-order valence-corrected chi connectivity index (χ4v) is 2.05. The third-order valence-electron chi connectivity index (χ3n) is 3.05. The first-order valence-corrected chi connectivity index (χ1v) is 5.94. The molecule has 0 aliphatic carbocycles. The number of benzene rings is 1. The summed E-state index contributed by atoms with van der Waals surface area (Å²) in [5.41, 5.74) is 1.21. The Morgan fingerprint density at radius 2 is 2.35 bits per heavy atom. The Hall–Kier alpha value is -1.42. The zero-order valence-corrected chi connectivity index (χ0v) is 9.92. The topological polar surface area (TPSA) is 41.1 Å². The molecule has 1 atom stereocenters. The zero-order chi connectivity index (χ0) is 12.3. The summed E-state index contributed by atoms with van der Waals surface area (Å²) < 4.78 is 13.5. The van der Waals surface area contributed by atoms with Gasteiger partial charge in [0.1, 0.15) is 5.82 Å². The second-order valence-corrected chi connectivity index (χ2v) is 4.52. The molecule has 0 radical (unpaired) electrons. The highest BCUT2D eigenvalue weighted by atomic mass is 19.1. The fraction of sp³-hybridized carbons (Fsp3) is 0.462. The standard InChI is InChI=1S/C13H17FN2O/c1-9-4-5-11(14)12(7-9)16-13(17)10-3-2-6-15-8-10/h4-5,7,10,15H,2-3,6,8H2,1H3,(H,16,17). The molecule has 1 saturated heterocycles. The number of anilines is 1. The van der Waals surface area contributed by atoms with Crippen LogP contribution in [0.15, 0.2) is 18.2 Å². The summed E-state index contributed by atoms with van der Waals surface area (Å²) in [5, 5.41) is 5.84. The summed E-state index contributed by atoms with van der Waals surface area (Å²) in [6.45, 7) is 3.51. The molecule has 1 unspecified atom stereocenters. The predicted octanol–water partition coefficient (Wildman–Crippen LogP) is 2.07. The maximum Gasteiger partial charge on any atom is 0.228 e. The molecule has 0 bridgehead atoms. The number of carbonyl (C=O) groups is 1. The van der Waals surface area contributed by atoms with Crippen molar-refractivity contribution < 1.29 is 9.18 Å². The van der Waals surface area contributed by atoms with Gasteiger partial charge in [-0.2, -0.15) is 0 Å². The van der Waals surface area contributed by atoms with Crippen molar-refractivity contribution in [3.05, 3.63) is 29.6 Å². The van der Waals surface area contributed by atoms with Gasteiger partial charge in [0.2, 0.25) is 5.91 Å². The first-order valence-electron chi connectivity index (χ1n) is 5.94. The van der Waals surface area contributed by atoms with Gasteiger partial charge in [-0.15, -0.1) is 0 Å². The molecular formula is C13H17FN2O. The molecule has 1 fully saturated rings. The molecule has 1 aromatic carbocycles. The van der Waals surface area contributed by atoms with Crippen molar-refractivity contribution in [3.8, 4) is 0 Å². The smallest absolute Gasteiger partial charge is 0.228 e. The van der Waals surface area contributed by atoms with E-state index in [0.717, 1.165) is 24.9 Å². The monoisotopic (exact) mass is 236 g/mol. The Bertz CT molecular complexity index is 414.